The molecule has 0 saturated heterocycles. The third kappa shape index (κ3) is 39.8. The third-order valence-corrected chi connectivity index (χ3v) is 0.941. The molecule has 17 heavy (non-hydrogen) atoms. The molecule has 0 heterocycles. The summed E-state index contributed by atoms with van der Waals surface area (Å²) in [6.07, 6.45) is 0.833. The van der Waals surface area contributed by atoms with E-state index in [9.17, 15) is 21.6 Å². The molecule has 9 N–H and O–H groups in total. The molecule has 0 radical (unpaired) electrons. The van der Waals surface area contributed by atoms with Crippen molar-refractivity contribution < 1.29 is 44.5 Å². The lowest BCUT2D eigenvalue weighted by Crippen LogP contribution is -2.10. The number of aliphatic carboxylic acids is 1. The Balaban J connectivity index is -0.000000105. The Morgan fingerprint density at radius 2 is 1.18 bits per heavy atom. The smallest absolute Gasteiger partial charge is 0.425 e. The van der Waals surface area contributed by atoms with Crippen LogP contribution in [-0.4, -0.2) is 37.0 Å². The van der Waals surface area contributed by atoms with E-state index in [1.165, 1.54) is 0 Å². The fraction of sp³-hybridized carbons (Fsp3) is 0. The van der Waals surface area contributed by atoms with Crippen LogP contribution < -0.4 is 12.3 Å². The molecule has 0 fully saturated rings. The summed E-state index contributed by atoms with van der Waals surface area (Å²) >= 11 is 0. The Labute approximate surface area is 96.8 Å². The summed E-state index contributed by atoms with van der Waals surface area (Å²) in [4.78, 5) is 9.25. The number of carbonyl (C=O) groups is 1. The fourth-order valence-corrected chi connectivity index (χ4v) is 0.632. The van der Waals surface area contributed by atoms with E-state index in [0.717, 1.165) is 6.08 Å². The van der Waals surface area contributed by atoms with Gasteiger partial charge in [0.2, 0.25) is 0 Å². The average Bonchev–Trinajstić information content (AvgIpc) is 2.00. The number of carboxylic acids is 1. The number of hydrogen-bond donors (Lipinski definition) is 5. The van der Waals surface area contributed by atoms with Crippen LogP contribution >= 0.6 is 0 Å². The Hall–Kier alpha value is -1.13. The molecule has 0 aromatic carbocycles. The van der Waals surface area contributed by atoms with Crippen LogP contribution in [0.1, 0.15) is 0 Å². The van der Waals surface area contributed by atoms with Crippen LogP contribution in [0, 0.1) is 0 Å². The molecule has 0 saturated carbocycles. The summed E-state index contributed by atoms with van der Waals surface area (Å²) in [7, 11) is -10.0. The maximum Gasteiger partial charge on any atom is 0.425 e. The topological polar surface area (TPSA) is 234 Å². The highest BCUT2D eigenvalue weighted by Gasteiger charge is 2.13. The molecule has 0 unspecified atom stereocenters. The maximum atomic E-state index is 9.51. The van der Waals surface area contributed by atoms with Crippen LogP contribution in [0.2, 0.25) is 0 Å². The van der Waals surface area contributed by atoms with E-state index in [0.29, 0.717) is 0 Å². The van der Waals surface area contributed by atoms with Crippen molar-refractivity contribution in [2.24, 2.45) is 0 Å². The van der Waals surface area contributed by atoms with Gasteiger partial charge in [0.05, 0.1) is 0 Å². The molecule has 0 atom stereocenters. The molecule has 0 aliphatic heterocycles. The molecule has 0 spiro atoms. The van der Waals surface area contributed by atoms with E-state index >= 15 is 0 Å². The van der Waals surface area contributed by atoms with Gasteiger partial charge in [-0.15, -0.1) is 0 Å². The minimum absolute atomic E-state index is 0. The molecule has 12 nitrogen and oxygen atoms in total. The highest BCUT2D eigenvalue weighted by atomic mass is 32.3. The molecule has 106 valence electrons. The SMILES string of the molecule is C=CC(=O)O.N.N.O=S(=O)(O)OOS(=O)(=O)O. The molecule has 0 aromatic heterocycles. The van der Waals surface area contributed by atoms with E-state index in [1.807, 2.05) is 0 Å². The van der Waals surface area contributed by atoms with Gasteiger partial charge in [0, 0.05) is 6.08 Å². The zero-order chi connectivity index (χ0) is 12.7. The lowest BCUT2D eigenvalue weighted by atomic mass is 10.7. The number of rotatable bonds is 4. The predicted molar refractivity (Wildman–Crippen MR) is 53.1 cm³/mol. The van der Waals surface area contributed by atoms with Crippen molar-refractivity contribution in [3.8, 4) is 0 Å². The highest BCUT2D eigenvalue weighted by Crippen LogP contribution is 1.92. The lowest BCUT2D eigenvalue weighted by Gasteiger charge is -1.92. The molecule has 0 bridgehead atoms. The largest absolute Gasteiger partial charge is 0.478 e. The summed E-state index contributed by atoms with van der Waals surface area (Å²) in [6.45, 7) is 2.96. The van der Waals surface area contributed by atoms with Crippen molar-refractivity contribution in [3.63, 3.8) is 0 Å². The van der Waals surface area contributed by atoms with E-state index in [-0.39, 0.29) is 12.3 Å². The Kier molecular flexibility index (Phi) is 14.7. The van der Waals surface area contributed by atoms with Crippen LogP contribution in [0.15, 0.2) is 12.7 Å². The molecule has 0 aromatic rings. The van der Waals surface area contributed by atoms with Gasteiger partial charge in [-0.3, -0.25) is 9.11 Å². The van der Waals surface area contributed by atoms with Gasteiger partial charge in [0.15, 0.2) is 0 Å². The standard InChI is InChI=1S/C3H4O2.2H3N.H2O8S2/c1-2-3(4)5;;;1-9(2,3)7-8-10(4,5)6/h2H,1H2,(H,4,5);2*1H3;(H,1,2,3)(H,4,5,6). The van der Waals surface area contributed by atoms with Gasteiger partial charge in [-0.2, -0.15) is 16.8 Å². The van der Waals surface area contributed by atoms with Gasteiger partial charge in [-0.1, -0.05) is 15.2 Å². The first kappa shape index (κ1) is 24.9. The average molecular weight is 300 g/mol. The first-order chi connectivity index (χ1) is 6.48. The zero-order valence-corrected chi connectivity index (χ0v) is 9.85. The van der Waals surface area contributed by atoms with E-state index < -0.39 is 26.8 Å². The number of hydrogen-bond acceptors (Lipinski definition) is 9. The molecular formula is C3H12N2O10S2. The van der Waals surface area contributed by atoms with Gasteiger partial charge in [0.1, 0.15) is 0 Å². The second-order valence-electron chi connectivity index (χ2n) is 1.53. The molecular weight excluding hydrogens is 288 g/mol. The summed E-state index contributed by atoms with van der Waals surface area (Å²) in [5.74, 6) is -0.981. The molecule has 0 rings (SSSR count). The van der Waals surface area contributed by atoms with Gasteiger partial charge in [-0.05, 0) is 0 Å². The van der Waals surface area contributed by atoms with Crippen molar-refractivity contribution in [1.82, 2.24) is 12.3 Å². The first-order valence-electron chi connectivity index (χ1n) is 2.66. The van der Waals surface area contributed by atoms with E-state index in [1.54, 1.807) is 0 Å². The van der Waals surface area contributed by atoms with Crippen LogP contribution in [-0.2, 0) is 34.3 Å². The van der Waals surface area contributed by atoms with E-state index in [4.69, 9.17) is 14.2 Å². The van der Waals surface area contributed by atoms with Crippen molar-refractivity contribution in [1.29, 1.82) is 0 Å². The minimum Gasteiger partial charge on any atom is -0.478 e. The van der Waals surface area contributed by atoms with Gasteiger partial charge < -0.3 is 17.4 Å². The second-order valence-corrected chi connectivity index (χ2v) is 3.52. The van der Waals surface area contributed by atoms with Crippen molar-refractivity contribution >= 4 is 26.8 Å². The summed E-state index contributed by atoms with van der Waals surface area (Å²) in [5.41, 5.74) is 0. The molecule has 0 amide bonds. The van der Waals surface area contributed by atoms with Gasteiger partial charge in [0.25, 0.3) is 0 Å². The van der Waals surface area contributed by atoms with E-state index in [2.05, 4.69) is 15.2 Å². The monoisotopic (exact) mass is 300 g/mol. The Morgan fingerprint density at radius 3 is 1.24 bits per heavy atom. The molecule has 0 aliphatic carbocycles. The zero-order valence-electron chi connectivity index (χ0n) is 8.21. The summed E-state index contributed by atoms with van der Waals surface area (Å²) < 4.78 is 58.9. The predicted octanol–water partition coefficient (Wildman–Crippen LogP) is -0.879. The van der Waals surface area contributed by atoms with Gasteiger partial charge in [-0.25, -0.2) is 4.79 Å². The Bertz CT molecular complexity index is 377. The van der Waals surface area contributed by atoms with Crippen LogP contribution in [0.5, 0.6) is 0 Å². The number of carboxylic acid groups (broad SMARTS) is 1. The van der Waals surface area contributed by atoms with Crippen molar-refractivity contribution in [3.05, 3.63) is 12.7 Å². The van der Waals surface area contributed by atoms with Crippen LogP contribution in [0.3, 0.4) is 0 Å². The fourth-order valence-electron chi connectivity index (χ4n) is 0.0702. The van der Waals surface area contributed by atoms with Gasteiger partial charge >= 0.3 is 26.8 Å². The highest BCUT2D eigenvalue weighted by molar-refractivity contribution is 7.83. The second kappa shape index (κ2) is 10.1. The van der Waals surface area contributed by atoms with Crippen LogP contribution in [0.4, 0.5) is 0 Å². The molecule has 0 aliphatic rings. The first-order valence-corrected chi connectivity index (χ1v) is 5.39. The summed E-state index contributed by atoms with van der Waals surface area (Å²) in [5, 5.41) is 7.60. The minimum atomic E-state index is -5.02. The van der Waals surface area contributed by atoms with Crippen molar-refractivity contribution in [2.75, 3.05) is 0 Å². The lowest BCUT2D eigenvalue weighted by molar-refractivity contribution is -0.131. The van der Waals surface area contributed by atoms with Crippen LogP contribution in [0.25, 0.3) is 0 Å². The third-order valence-electron chi connectivity index (χ3n) is 0.374. The van der Waals surface area contributed by atoms with Crippen molar-refractivity contribution in [2.45, 2.75) is 0 Å². The maximum absolute atomic E-state index is 9.51. The normalized spacial score (nSPS) is 9.76. The Morgan fingerprint density at radius 1 is 1.00 bits per heavy atom. The quantitative estimate of drug-likeness (QED) is 0.184. The molecule has 14 heteroatoms. The summed E-state index contributed by atoms with van der Waals surface area (Å²) in [6, 6.07) is 0.